The van der Waals surface area contributed by atoms with Gasteiger partial charge < -0.3 is 19.4 Å². The minimum absolute atomic E-state index is 0.120. The van der Waals surface area contributed by atoms with Crippen LogP contribution in [0.1, 0.15) is 21.6 Å². The Balaban J connectivity index is 1.42. The van der Waals surface area contributed by atoms with Crippen molar-refractivity contribution in [3.63, 3.8) is 0 Å². The fraction of sp³-hybridized carbons (Fsp3) is 0.273. The Hall–Kier alpha value is -3.28. The largest absolute Gasteiger partial charge is 0.495 e. The first-order valence-corrected chi connectivity index (χ1v) is 9.32. The Morgan fingerprint density at radius 1 is 1.32 bits per heavy atom. The monoisotopic (exact) mass is 377 g/mol. The molecule has 1 unspecified atom stereocenters. The number of hydrogen-bond donors (Lipinski definition) is 1. The van der Waals surface area contributed by atoms with Crippen LogP contribution in [-0.4, -0.2) is 35.7 Å². The van der Waals surface area contributed by atoms with Crippen molar-refractivity contribution in [3.8, 4) is 17.2 Å². The van der Waals surface area contributed by atoms with Gasteiger partial charge in [0.05, 0.1) is 31.4 Å². The quantitative estimate of drug-likeness (QED) is 0.742. The molecule has 1 aliphatic heterocycles. The summed E-state index contributed by atoms with van der Waals surface area (Å²) in [7, 11) is 1.60. The molecule has 144 valence electrons. The minimum Gasteiger partial charge on any atom is -0.495 e. The van der Waals surface area contributed by atoms with E-state index in [1.165, 1.54) is 5.56 Å². The summed E-state index contributed by atoms with van der Waals surface area (Å²) in [6.07, 6.45) is 4.55. The topological polar surface area (TPSA) is 65.4 Å². The Bertz CT molecular complexity index is 996. The number of hydrogen-bond acceptors (Lipinski definition) is 4. The number of ether oxygens (including phenoxy) is 2. The van der Waals surface area contributed by atoms with Gasteiger partial charge in [0.2, 0.25) is 0 Å². The standard InChI is InChI=1S/C22H23N3O3/c1-15-12-25(14-24-15)19-8-7-18(10-21(19)27-2)22(26)23-11-16-9-17-5-3-4-6-20(17)28-13-16/h3-8,10,12,14,16H,9,11,13H2,1-2H3,(H,23,26). The number of imidazole rings is 1. The van der Waals surface area contributed by atoms with Gasteiger partial charge in [-0.25, -0.2) is 4.98 Å². The van der Waals surface area contributed by atoms with Crippen LogP contribution in [0.4, 0.5) is 0 Å². The van der Waals surface area contributed by atoms with Crippen LogP contribution in [0.25, 0.3) is 5.69 Å². The lowest BCUT2D eigenvalue weighted by Crippen LogP contribution is -2.34. The van der Waals surface area contributed by atoms with Crippen molar-refractivity contribution in [3.05, 3.63) is 71.8 Å². The molecule has 1 atom stereocenters. The van der Waals surface area contributed by atoms with E-state index in [-0.39, 0.29) is 11.8 Å². The van der Waals surface area contributed by atoms with Gasteiger partial charge in [-0.05, 0) is 43.2 Å². The summed E-state index contributed by atoms with van der Waals surface area (Å²) >= 11 is 0. The fourth-order valence-electron chi connectivity index (χ4n) is 3.45. The Morgan fingerprint density at radius 2 is 2.18 bits per heavy atom. The van der Waals surface area contributed by atoms with E-state index >= 15 is 0 Å². The second kappa shape index (κ2) is 7.76. The van der Waals surface area contributed by atoms with Gasteiger partial charge in [0, 0.05) is 24.2 Å². The maximum absolute atomic E-state index is 12.6. The highest BCUT2D eigenvalue weighted by molar-refractivity contribution is 5.95. The van der Waals surface area contributed by atoms with E-state index in [0.717, 1.165) is 23.6 Å². The fourth-order valence-corrected chi connectivity index (χ4v) is 3.45. The first-order chi connectivity index (χ1) is 13.6. The third-order valence-corrected chi connectivity index (χ3v) is 4.94. The van der Waals surface area contributed by atoms with Crippen LogP contribution in [0.5, 0.6) is 11.5 Å². The average Bonchev–Trinajstić information content (AvgIpc) is 3.17. The Labute approximate surface area is 164 Å². The summed E-state index contributed by atoms with van der Waals surface area (Å²) in [5.74, 6) is 1.71. The number of carbonyl (C=O) groups is 1. The van der Waals surface area contributed by atoms with Gasteiger partial charge in [-0.2, -0.15) is 0 Å². The van der Waals surface area contributed by atoms with E-state index in [2.05, 4.69) is 16.4 Å². The molecule has 0 saturated carbocycles. The lowest BCUT2D eigenvalue weighted by atomic mass is 9.96. The summed E-state index contributed by atoms with van der Waals surface area (Å²) < 4.78 is 13.2. The van der Waals surface area contributed by atoms with Gasteiger partial charge in [-0.1, -0.05) is 18.2 Å². The van der Waals surface area contributed by atoms with E-state index in [1.807, 2.05) is 42.0 Å². The highest BCUT2D eigenvalue weighted by atomic mass is 16.5. The minimum atomic E-state index is -0.120. The molecule has 0 spiro atoms. The first-order valence-electron chi connectivity index (χ1n) is 9.32. The molecule has 0 fully saturated rings. The summed E-state index contributed by atoms with van der Waals surface area (Å²) in [4.78, 5) is 16.9. The van der Waals surface area contributed by atoms with E-state index in [1.54, 1.807) is 25.6 Å². The van der Waals surface area contributed by atoms with Crippen molar-refractivity contribution in [2.75, 3.05) is 20.3 Å². The molecular formula is C22H23N3O3. The van der Waals surface area contributed by atoms with Crippen LogP contribution in [0, 0.1) is 12.8 Å². The SMILES string of the molecule is COc1cc(C(=O)NCC2COc3ccccc3C2)ccc1-n1cnc(C)c1. The number of nitrogens with zero attached hydrogens (tertiary/aromatic N) is 2. The number of aromatic nitrogens is 2. The number of benzene rings is 2. The highest BCUT2D eigenvalue weighted by Crippen LogP contribution is 2.27. The van der Waals surface area contributed by atoms with Crippen molar-refractivity contribution in [2.45, 2.75) is 13.3 Å². The van der Waals surface area contributed by atoms with E-state index < -0.39 is 0 Å². The van der Waals surface area contributed by atoms with Crippen LogP contribution >= 0.6 is 0 Å². The second-order valence-electron chi connectivity index (χ2n) is 7.01. The number of carbonyl (C=O) groups excluding carboxylic acids is 1. The number of para-hydroxylation sites is 1. The lowest BCUT2D eigenvalue weighted by Gasteiger charge is -2.25. The van der Waals surface area contributed by atoms with Crippen LogP contribution in [0.3, 0.4) is 0 Å². The number of amides is 1. The van der Waals surface area contributed by atoms with Gasteiger partial charge in [0.25, 0.3) is 5.91 Å². The zero-order valence-electron chi connectivity index (χ0n) is 16.0. The molecule has 2 aromatic carbocycles. The number of fused-ring (bicyclic) bond motifs is 1. The third-order valence-electron chi connectivity index (χ3n) is 4.94. The Morgan fingerprint density at radius 3 is 2.96 bits per heavy atom. The molecule has 1 amide bonds. The summed E-state index contributed by atoms with van der Waals surface area (Å²) in [6.45, 7) is 3.11. The van der Waals surface area contributed by atoms with Crippen molar-refractivity contribution in [2.24, 2.45) is 5.92 Å². The van der Waals surface area contributed by atoms with E-state index in [9.17, 15) is 4.79 Å². The molecule has 1 aromatic heterocycles. The molecule has 0 bridgehead atoms. The zero-order valence-corrected chi connectivity index (χ0v) is 16.0. The molecule has 2 heterocycles. The molecular weight excluding hydrogens is 354 g/mol. The van der Waals surface area contributed by atoms with Gasteiger partial charge >= 0.3 is 0 Å². The molecule has 4 rings (SSSR count). The van der Waals surface area contributed by atoms with Crippen LogP contribution in [-0.2, 0) is 6.42 Å². The molecule has 0 radical (unpaired) electrons. The number of nitrogens with one attached hydrogen (secondary N) is 1. The molecule has 6 heteroatoms. The molecule has 0 aliphatic carbocycles. The first kappa shape index (κ1) is 18.1. The molecule has 0 saturated heterocycles. The van der Waals surface area contributed by atoms with Gasteiger partial charge in [-0.15, -0.1) is 0 Å². The van der Waals surface area contributed by atoms with E-state index in [4.69, 9.17) is 9.47 Å². The van der Waals surface area contributed by atoms with Crippen LogP contribution in [0.15, 0.2) is 55.0 Å². The van der Waals surface area contributed by atoms with Crippen molar-refractivity contribution in [1.29, 1.82) is 0 Å². The smallest absolute Gasteiger partial charge is 0.251 e. The number of rotatable bonds is 5. The molecule has 6 nitrogen and oxygen atoms in total. The van der Waals surface area contributed by atoms with Crippen LogP contribution in [0.2, 0.25) is 0 Å². The zero-order chi connectivity index (χ0) is 19.5. The maximum Gasteiger partial charge on any atom is 0.251 e. The molecule has 1 N–H and O–H groups in total. The number of methoxy groups -OCH3 is 1. The predicted octanol–water partition coefficient (Wildman–Crippen LogP) is 3.17. The summed E-state index contributed by atoms with van der Waals surface area (Å²) in [5, 5.41) is 3.02. The van der Waals surface area contributed by atoms with Gasteiger partial charge in [0.1, 0.15) is 11.5 Å². The average molecular weight is 377 g/mol. The third kappa shape index (κ3) is 3.71. The van der Waals surface area contributed by atoms with Crippen molar-refractivity contribution < 1.29 is 14.3 Å². The van der Waals surface area contributed by atoms with Crippen molar-refractivity contribution in [1.82, 2.24) is 14.9 Å². The summed E-state index contributed by atoms with van der Waals surface area (Å²) in [6, 6.07) is 13.5. The van der Waals surface area contributed by atoms with E-state index in [0.29, 0.717) is 24.5 Å². The van der Waals surface area contributed by atoms with Gasteiger partial charge in [0.15, 0.2) is 0 Å². The lowest BCUT2D eigenvalue weighted by molar-refractivity contribution is 0.0938. The predicted molar refractivity (Wildman–Crippen MR) is 106 cm³/mol. The summed E-state index contributed by atoms with van der Waals surface area (Å²) in [5.41, 5.74) is 3.52. The molecule has 3 aromatic rings. The van der Waals surface area contributed by atoms with Crippen LogP contribution < -0.4 is 14.8 Å². The Kier molecular flexibility index (Phi) is 5.02. The highest BCUT2D eigenvalue weighted by Gasteiger charge is 2.20. The number of aryl methyl sites for hydroxylation is 1. The maximum atomic E-state index is 12.6. The normalized spacial score (nSPS) is 15.4. The van der Waals surface area contributed by atoms with Gasteiger partial charge in [-0.3, -0.25) is 4.79 Å². The van der Waals surface area contributed by atoms with Crippen molar-refractivity contribution >= 4 is 5.91 Å². The molecule has 28 heavy (non-hydrogen) atoms. The molecule has 1 aliphatic rings. The second-order valence-corrected chi connectivity index (χ2v) is 7.01.